The Kier molecular flexibility index (Phi) is 2.29. The number of nitrogens with zero attached hydrogens (tertiary/aromatic N) is 1. The maximum atomic E-state index is 11.3. The van der Waals surface area contributed by atoms with Gasteiger partial charge in [-0.3, -0.25) is 20.3 Å². The standard InChI is InChI=1S/C9H8N4O3/c10-12-9(14)6-4-11-8-5(6)2-1-3-7(8)13(15)16/h1-4,11H,10H2,(H,12,14). The van der Waals surface area contributed by atoms with Crippen LogP contribution in [0.4, 0.5) is 5.69 Å². The van der Waals surface area contributed by atoms with Crippen LogP contribution in [-0.4, -0.2) is 15.8 Å². The Morgan fingerprint density at radius 2 is 2.25 bits per heavy atom. The molecule has 7 heteroatoms. The highest BCUT2D eigenvalue weighted by Gasteiger charge is 2.17. The molecule has 0 fully saturated rings. The Morgan fingerprint density at radius 3 is 2.88 bits per heavy atom. The number of nitro benzene ring substituents is 1. The summed E-state index contributed by atoms with van der Waals surface area (Å²) in [4.78, 5) is 24.3. The van der Waals surface area contributed by atoms with E-state index in [-0.39, 0.29) is 11.3 Å². The maximum Gasteiger partial charge on any atom is 0.293 e. The molecule has 0 unspecified atom stereocenters. The van der Waals surface area contributed by atoms with Crippen LogP contribution in [0.1, 0.15) is 10.4 Å². The summed E-state index contributed by atoms with van der Waals surface area (Å²) in [5.41, 5.74) is 2.49. The normalized spacial score (nSPS) is 10.3. The number of rotatable bonds is 2. The van der Waals surface area contributed by atoms with E-state index >= 15 is 0 Å². The molecule has 1 aromatic heterocycles. The molecule has 0 spiro atoms. The Morgan fingerprint density at radius 1 is 1.50 bits per heavy atom. The van der Waals surface area contributed by atoms with E-state index in [1.807, 2.05) is 5.43 Å². The number of nitrogen functional groups attached to an aromatic ring is 1. The SMILES string of the molecule is NNC(=O)c1c[nH]c2c([N+](=O)[O-])cccc12. The predicted molar refractivity (Wildman–Crippen MR) is 56.6 cm³/mol. The van der Waals surface area contributed by atoms with Gasteiger partial charge in [-0.2, -0.15) is 0 Å². The maximum absolute atomic E-state index is 11.3. The average Bonchev–Trinajstić information content (AvgIpc) is 2.71. The lowest BCUT2D eigenvalue weighted by molar-refractivity contribution is -0.383. The van der Waals surface area contributed by atoms with Gasteiger partial charge < -0.3 is 4.98 Å². The van der Waals surface area contributed by atoms with Crippen LogP contribution >= 0.6 is 0 Å². The number of carbonyl (C=O) groups is 1. The van der Waals surface area contributed by atoms with Crippen LogP contribution in [0, 0.1) is 10.1 Å². The van der Waals surface area contributed by atoms with E-state index in [1.54, 1.807) is 6.07 Å². The third-order valence-corrected chi connectivity index (χ3v) is 2.27. The molecule has 16 heavy (non-hydrogen) atoms. The number of nitrogens with one attached hydrogen (secondary N) is 2. The highest BCUT2D eigenvalue weighted by Crippen LogP contribution is 2.26. The molecular weight excluding hydrogens is 212 g/mol. The molecule has 1 heterocycles. The van der Waals surface area contributed by atoms with Crippen LogP contribution in [0.5, 0.6) is 0 Å². The molecule has 1 aromatic carbocycles. The minimum atomic E-state index is -0.511. The molecule has 0 radical (unpaired) electrons. The minimum absolute atomic E-state index is 0.0754. The van der Waals surface area contributed by atoms with Gasteiger partial charge in [0.15, 0.2) is 0 Å². The number of nitro groups is 1. The zero-order chi connectivity index (χ0) is 11.7. The second-order valence-electron chi connectivity index (χ2n) is 3.13. The molecule has 0 aliphatic heterocycles. The van der Waals surface area contributed by atoms with Crippen LogP contribution in [0.2, 0.25) is 0 Å². The summed E-state index contributed by atoms with van der Waals surface area (Å²) in [6.45, 7) is 0. The van der Waals surface area contributed by atoms with Crippen molar-refractivity contribution in [3.63, 3.8) is 0 Å². The Bertz CT molecular complexity index is 575. The van der Waals surface area contributed by atoms with Crippen molar-refractivity contribution >= 4 is 22.5 Å². The smallest absolute Gasteiger partial charge is 0.293 e. The summed E-state index contributed by atoms with van der Waals surface area (Å²) in [5, 5.41) is 11.2. The first-order valence-corrected chi connectivity index (χ1v) is 4.40. The van der Waals surface area contributed by atoms with Gasteiger partial charge in [0.2, 0.25) is 0 Å². The van der Waals surface area contributed by atoms with E-state index in [0.717, 1.165) is 0 Å². The van der Waals surface area contributed by atoms with E-state index in [2.05, 4.69) is 4.98 Å². The highest BCUT2D eigenvalue weighted by atomic mass is 16.6. The van der Waals surface area contributed by atoms with Gasteiger partial charge in [-0.1, -0.05) is 12.1 Å². The summed E-state index contributed by atoms with van der Waals surface area (Å²) < 4.78 is 0. The summed E-state index contributed by atoms with van der Waals surface area (Å²) in [6, 6.07) is 4.49. The molecule has 2 aromatic rings. The second kappa shape index (κ2) is 3.63. The highest BCUT2D eigenvalue weighted by molar-refractivity contribution is 6.08. The molecular formula is C9H8N4O3. The lowest BCUT2D eigenvalue weighted by Crippen LogP contribution is -2.29. The van der Waals surface area contributed by atoms with Crippen molar-refractivity contribution in [1.82, 2.24) is 10.4 Å². The third kappa shape index (κ3) is 1.39. The molecule has 0 bridgehead atoms. The number of carbonyl (C=O) groups excluding carboxylic acids is 1. The van der Waals surface area contributed by atoms with Crippen molar-refractivity contribution in [2.24, 2.45) is 5.84 Å². The number of hydrogen-bond acceptors (Lipinski definition) is 4. The lowest BCUT2D eigenvalue weighted by atomic mass is 10.1. The van der Waals surface area contributed by atoms with Gasteiger partial charge in [0, 0.05) is 17.6 Å². The minimum Gasteiger partial charge on any atom is -0.355 e. The summed E-state index contributed by atoms with van der Waals surface area (Å²) in [5.74, 6) is 4.51. The number of non-ortho nitro benzene ring substituents is 1. The Hall–Kier alpha value is -2.41. The molecule has 4 N–H and O–H groups in total. The molecule has 1 amide bonds. The van der Waals surface area contributed by atoms with Crippen LogP contribution in [0.15, 0.2) is 24.4 Å². The van der Waals surface area contributed by atoms with Crippen LogP contribution < -0.4 is 11.3 Å². The molecule has 0 atom stereocenters. The summed E-state index contributed by atoms with van der Waals surface area (Å²) >= 11 is 0. The van der Waals surface area contributed by atoms with Gasteiger partial charge >= 0.3 is 0 Å². The van der Waals surface area contributed by atoms with Crippen molar-refractivity contribution in [1.29, 1.82) is 0 Å². The van der Waals surface area contributed by atoms with E-state index in [1.165, 1.54) is 18.3 Å². The van der Waals surface area contributed by atoms with E-state index in [0.29, 0.717) is 10.9 Å². The number of nitrogens with two attached hydrogens (primary N) is 1. The van der Waals surface area contributed by atoms with E-state index in [4.69, 9.17) is 5.84 Å². The van der Waals surface area contributed by atoms with Crippen molar-refractivity contribution in [3.8, 4) is 0 Å². The first-order valence-electron chi connectivity index (χ1n) is 4.40. The Labute approximate surface area is 89.4 Å². The number of hydrogen-bond donors (Lipinski definition) is 3. The fourth-order valence-electron chi connectivity index (χ4n) is 1.56. The van der Waals surface area contributed by atoms with Crippen LogP contribution in [0.25, 0.3) is 10.9 Å². The molecule has 7 nitrogen and oxygen atoms in total. The number of amides is 1. The average molecular weight is 220 g/mol. The number of aromatic amines is 1. The van der Waals surface area contributed by atoms with E-state index in [9.17, 15) is 14.9 Å². The molecule has 0 saturated heterocycles. The number of benzene rings is 1. The number of hydrazine groups is 1. The molecule has 2 rings (SSSR count). The lowest BCUT2D eigenvalue weighted by Gasteiger charge is -1.97. The predicted octanol–water partition coefficient (Wildman–Crippen LogP) is 0.680. The fourth-order valence-corrected chi connectivity index (χ4v) is 1.56. The zero-order valence-corrected chi connectivity index (χ0v) is 8.06. The van der Waals surface area contributed by atoms with Gasteiger partial charge in [0.05, 0.1) is 10.5 Å². The first-order chi connectivity index (χ1) is 7.65. The summed E-state index contributed by atoms with van der Waals surface area (Å²) in [7, 11) is 0. The molecule has 82 valence electrons. The molecule has 0 aliphatic rings. The van der Waals surface area contributed by atoms with E-state index < -0.39 is 10.8 Å². The number of H-pyrrole nitrogens is 1. The zero-order valence-electron chi connectivity index (χ0n) is 8.06. The summed E-state index contributed by atoms with van der Waals surface area (Å²) in [6.07, 6.45) is 1.39. The largest absolute Gasteiger partial charge is 0.355 e. The quantitative estimate of drug-likeness (QED) is 0.299. The number of aromatic nitrogens is 1. The second-order valence-corrected chi connectivity index (χ2v) is 3.13. The fraction of sp³-hybridized carbons (Fsp3) is 0. The third-order valence-electron chi connectivity index (χ3n) is 2.27. The van der Waals surface area contributed by atoms with Crippen molar-refractivity contribution in [3.05, 3.63) is 40.1 Å². The topological polar surface area (TPSA) is 114 Å². The van der Waals surface area contributed by atoms with Gasteiger partial charge in [0.25, 0.3) is 11.6 Å². The van der Waals surface area contributed by atoms with Crippen molar-refractivity contribution < 1.29 is 9.72 Å². The van der Waals surface area contributed by atoms with Gasteiger partial charge in [-0.15, -0.1) is 0 Å². The number of fused-ring (bicyclic) bond motifs is 1. The molecule has 0 saturated carbocycles. The van der Waals surface area contributed by atoms with Crippen molar-refractivity contribution in [2.75, 3.05) is 0 Å². The number of para-hydroxylation sites is 1. The van der Waals surface area contributed by atoms with Crippen LogP contribution in [0.3, 0.4) is 0 Å². The molecule has 0 aliphatic carbocycles. The monoisotopic (exact) mass is 220 g/mol. The van der Waals surface area contributed by atoms with Crippen LogP contribution in [-0.2, 0) is 0 Å². The van der Waals surface area contributed by atoms with Gasteiger partial charge in [0.1, 0.15) is 5.52 Å². The van der Waals surface area contributed by atoms with Crippen molar-refractivity contribution in [2.45, 2.75) is 0 Å². The Balaban J connectivity index is 2.71. The first kappa shape index (κ1) is 10.1. The van der Waals surface area contributed by atoms with Gasteiger partial charge in [-0.25, -0.2) is 5.84 Å². The van der Waals surface area contributed by atoms with Gasteiger partial charge in [-0.05, 0) is 0 Å².